The van der Waals surface area contributed by atoms with E-state index >= 15 is 0 Å². The fourth-order valence-corrected chi connectivity index (χ4v) is 3.21. The van der Waals surface area contributed by atoms with E-state index in [0.717, 1.165) is 38.5 Å². The van der Waals surface area contributed by atoms with E-state index in [-0.39, 0.29) is 23.0 Å². The predicted octanol–water partition coefficient (Wildman–Crippen LogP) is 1.61. The van der Waals surface area contributed by atoms with Crippen LogP contribution in [0.3, 0.4) is 0 Å². The molecule has 3 aliphatic heterocycles. The molecule has 2 bridgehead atoms. The van der Waals surface area contributed by atoms with Crippen molar-refractivity contribution in [2.24, 2.45) is 5.92 Å². The van der Waals surface area contributed by atoms with Gasteiger partial charge in [0.05, 0.1) is 11.3 Å². The quantitative estimate of drug-likeness (QED) is 0.733. The van der Waals surface area contributed by atoms with Crippen LogP contribution in [0, 0.1) is 11.7 Å². The number of halogens is 1. The fraction of sp³-hybridized carbons (Fsp3) is 0.500. The second kappa shape index (κ2) is 4.94. The standard InChI is InChI=1S/C14H18FN3O2/c15-10-6-11(16)9(14(19)20)5-12(10)17-13-7-18-3-1-8(13)2-4-18/h5-6,8,13,17H,1-4,7,16H2,(H,19,20). The van der Waals surface area contributed by atoms with Gasteiger partial charge >= 0.3 is 5.97 Å². The van der Waals surface area contributed by atoms with Crippen LogP contribution in [0.25, 0.3) is 0 Å². The third kappa shape index (κ3) is 2.31. The average Bonchev–Trinajstić information content (AvgIpc) is 2.43. The number of carboxylic acids is 1. The summed E-state index contributed by atoms with van der Waals surface area (Å²) in [6, 6.07) is 2.55. The summed E-state index contributed by atoms with van der Waals surface area (Å²) >= 11 is 0. The molecule has 0 saturated carbocycles. The first-order valence-electron chi connectivity index (χ1n) is 6.86. The van der Waals surface area contributed by atoms with Crippen molar-refractivity contribution in [2.75, 3.05) is 30.7 Å². The molecule has 0 radical (unpaired) electrons. The number of benzene rings is 1. The lowest BCUT2D eigenvalue weighted by atomic mass is 9.84. The van der Waals surface area contributed by atoms with Crippen LogP contribution in [0.4, 0.5) is 15.8 Å². The second-order valence-electron chi connectivity index (χ2n) is 5.61. The lowest BCUT2D eigenvalue weighted by Gasteiger charge is -2.45. The minimum absolute atomic E-state index is 0.0468. The van der Waals surface area contributed by atoms with Gasteiger partial charge in [0.15, 0.2) is 0 Å². The maximum Gasteiger partial charge on any atom is 0.337 e. The summed E-state index contributed by atoms with van der Waals surface area (Å²) < 4.78 is 13.9. The van der Waals surface area contributed by atoms with Crippen LogP contribution in [0.15, 0.2) is 12.1 Å². The van der Waals surface area contributed by atoms with Gasteiger partial charge in [-0.1, -0.05) is 0 Å². The Bertz CT molecular complexity index is 541. The predicted molar refractivity (Wildman–Crippen MR) is 74.3 cm³/mol. The first-order chi connectivity index (χ1) is 9.54. The van der Waals surface area contributed by atoms with Crippen molar-refractivity contribution in [1.29, 1.82) is 0 Å². The molecule has 1 atom stereocenters. The number of carbonyl (C=O) groups is 1. The SMILES string of the molecule is Nc1cc(F)c(NC2CN3CCC2CC3)cc1C(=O)O. The van der Waals surface area contributed by atoms with E-state index in [2.05, 4.69) is 10.2 Å². The number of fused-ring (bicyclic) bond motifs is 3. The number of carboxylic acid groups (broad SMARTS) is 1. The summed E-state index contributed by atoms with van der Waals surface area (Å²) in [5.41, 5.74) is 5.65. The molecule has 3 fully saturated rings. The number of piperidine rings is 3. The molecule has 3 saturated heterocycles. The van der Waals surface area contributed by atoms with Crippen LogP contribution in [-0.4, -0.2) is 41.7 Å². The first kappa shape index (κ1) is 13.2. The highest BCUT2D eigenvalue weighted by atomic mass is 19.1. The van der Waals surface area contributed by atoms with Crippen molar-refractivity contribution >= 4 is 17.3 Å². The Kier molecular flexibility index (Phi) is 3.25. The number of nitrogens with one attached hydrogen (secondary N) is 1. The third-order valence-corrected chi connectivity index (χ3v) is 4.37. The molecule has 20 heavy (non-hydrogen) atoms. The maximum absolute atomic E-state index is 13.9. The number of rotatable bonds is 3. The monoisotopic (exact) mass is 279 g/mol. The van der Waals surface area contributed by atoms with Crippen molar-refractivity contribution in [3.05, 3.63) is 23.5 Å². The smallest absolute Gasteiger partial charge is 0.337 e. The van der Waals surface area contributed by atoms with Crippen LogP contribution in [0.2, 0.25) is 0 Å². The number of aromatic carboxylic acids is 1. The van der Waals surface area contributed by atoms with E-state index in [0.29, 0.717) is 5.92 Å². The van der Waals surface area contributed by atoms with Gasteiger partial charge in [-0.2, -0.15) is 0 Å². The summed E-state index contributed by atoms with van der Waals surface area (Å²) in [6.45, 7) is 3.10. The van der Waals surface area contributed by atoms with Gasteiger partial charge in [0.25, 0.3) is 0 Å². The van der Waals surface area contributed by atoms with Gasteiger partial charge in [0.1, 0.15) is 5.82 Å². The summed E-state index contributed by atoms with van der Waals surface area (Å²) in [7, 11) is 0. The fourth-order valence-electron chi connectivity index (χ4n) is 3.21. The van der Waals surface area contributed by atoms with Gasteiger partial charge in [0, 0.05) is 18.3 Å². The Hall–Kier alpha value is -1.82. The van der Waals surface area contributed by atoms with Crippen LogP contribution in [0.5, 0.6) is 0 Å². The molecule has 3 aliphatic rings. The topological polar surface area (TPSA) is 78.6 Å². The molecule has 6 heteroatoms. The molecule has 5 nitrogen and oxygen atoms in total. The summed E-state index contributed by atoms with van der Waals surface area (Å²) in [6.07, 6.45) is 2.22. The summed E-state index contributed by atoms with van der Waals surface area (Å²) in [5, 5.41) is 12.2. The van der Waals surface area contributed by atoms with Crippen LogP contribution >= 0.6 is 0 Å². The van der Waals surface area contributed by atoms with E-state index in [4.69, 9.17) is 10.8 Å². The number of anilines is 2. The van der Waals surface area contributed by atoms with Crippen LogP contribution in [-0.2, 0) is 0 Å². The molecule has 1 aromatic rings. The van der Waals surface area contributed by atoms with E-state index in [1.165, 1.54) is 6.07 Å². The van der Waals surface area contributed by atoms with Gasteiger partial charge in [-0.05, 0) is 44.0 Å². The molecular formula is C14H18FN3O2. The lowest BCUT2D eigenvalue weighted by Crippen LogP contribution is -2.53. The van der Waals surface area contributed by atoms with Gasteiger partial charge in [-0.15, -0.1) is 0 Å². The van der Waals surface area contributed by atoms with E-state index in [9.17, 15) is 9.18 Å². The molecule has 1 unspecified atom stereocenters. The Balaban J connectivity index is 1.83. The Morgan fingerprint density at radius 1 is 1.40 bits per heavy atom. The molecule has 4 N–H and O–H groups in total. The number of nitrogen functional groups attached to an aromatic ring is 1. The lowest BCUT2D eigenvalue weighted by molar-refractivity contribution is 0.0698. The zero-order valence-electron chi connectivity index (χ0n) is 11.1. The molecule has 0 aliphatic carbocycles. The van der Waals surface area contributed by atoms with Gasteiger partial charge < -0.3 is 21.1 Å². The minimum Gasteiger partial charge on any atom is -0.478 e. The first-order valence-corrected chi connectivity index (χ1v) is 6.86. The van der Waals surface area contributed by atoms with E-state index in [1.807, 2.05) is 0 Å². The van der Waals surface area contributed by atoms with Crippen LogP contribution < -0.4 is 11.1 Å². The minimum atomic E-state index is -1.14. The molecule has 0 spiro atoms. The molecule has 4 rings (SSSR count). The van der Waals surface area contributed by atoms with Gasteiger partial charge in [-0.25, -0.2) is 9.18 Å². The van der Waals surface area contributed by atoms with Gasteiger partial charge in [0.2, 0.25) is 0 Å². The van der Waals surface area contributed by atoms with Crippen molar-refractivity contribution < 1.29 is 14.3 Å². The van der Waals surface area contributed by atoms with Gasteiger partial charge in [-0.3, -0.25) is 0 Å². The molecule has 0 aromatic heterocycles. The molecule has 3 heterocycles. The van der Waals surface area contributed by atoms with Crippen LogP contribution in [0.1, 0.15) is 23.2 Å². The molecule has 1 aromatic carbocycles. The highest BCUT2D eigenvalue weighted by Crippen LogP contribution is 2.31. The van der Waals surface area contributed by atoms with Crippen molar-refractivity contribution in [2.45, 2.75) is 18.9 Å². The Labute approximate surface area is 116 Å². The summed E-state index contributed by atoms with van der Waals surface area (Å²) in [5.74, 6) is -1.10. The maximum atomic E-state index is 13.9. The normalized spacial score (nSPS) is 28.4. The van der Waals surface area contributed by atoms with Crippen molar-refractivity contribution in [3.63, 3.8) is 0 Å². The van der Waals surface area contributed by atoms with E-state index < -0.39 is 11.8 Å². The molecular weight excluding hydrogens is 261 g/mol. The zero-order valence-corrected chi connectivity index (χ0v) is 11.1. The van der Waals surface area contributed by atoms with Crippen molar-refractivity contribution in [1.82, 2.24) is 4.90 Å². The number of hydrogen-bond acceptors (Lipinski definition) is 4. The van der Waals surface area contributed by atoms with Crippen molar-refractivity contribution in [3.8, 4) is 0 Å². The Morgan fingerprint density at radius 2 is 2.10 bits per heavy atom. The Morgan fingerprint density at radius 3 is 2.65 bits per heavy atom. The highest BCUT2D eigenvalue weighted by molar-refractivity contribution is 5.94. The number of nitrogens with two attached hydrogens (primary N) is 1. The number of nitrogens with zero attached hydrogens (tertiary/aromatic N) is 1. The third-order valence-electron chi connectivity index (χ3n) is 4.37. The number of hydrogen-bond donors (Lipinski definition) is 3. The highest BCUT2D eigenvalue weighted by Gasteiger charge is 2.34. The van der Waals surface area contributed by atoms with E-state index in [1.54, 1.807) is 0 Å². The molecule has 0 amide bonds. The second-order valence-corrected chi connectivity index (χ2v) is 5.61. The zero-order chi connectivity index (χ0) is 14.3. The largest absolute Gasteiger partial charge is 0.478 e. The molecule has 108 valence electrons. The summed E-state index contributed by atoms with van der Waals surface area (Å²) in [4.78, 5) is 13.4. The average molecular weight is 279 g/mol.